The molecule has 7 heteroatoms. The van der Waals surface area contributed by atoms with Gasteiger partial charge in [0.25, 0.3) is 10.1 Å². The first-order chi connectivity index (χ1) is 6.04. The van der Waals surface area contributed by atoms with E-state index in [9.17, 15) is 8.42 Å². The molecule has 3 N–H and O–H groups in total. The average Bonchev–Trinajstić information content (AvgIpc) is 2.04. The highest BCUT2D eigenvalue weighted by molar-refractivity contribution is 7.85. The molecule has 72 valence electrons. The first-order valence-corrected chi connectivity index (χ1v) is 5.05. The number of halogens is 1. The molecule has 0 heterocycles. The summed E-state index contributed by atoms with van der Waals surface area (Å²) in [4.78, 5) is 1.99. The van der Waals surface area contributed by atoms with Gasteiger partial charge in [-0.2, -0.15) is 8.42 Å². The maximum absolute atomic E-state index is 10.6. The zero-order valence-electron chi connectivity index (χ0n) is 6.36. The molecule has 1 rings (SSSR count). The summed E-state index contributed by atoms with van der Waals surface area (Å²) in [6.07, 6.45) is 0. The smallest absolute Gasteiger partial charge is 0.294 e. The highest BCUT2D eigenvalue weighted by Crippen LogP contribution is 2.12. The van der Waals surface area contributed by atoms with Crippen LogP contribution in [0.15, 0.2) is 29.2 Å². The molecule has 13 heavy (non-hydrogen) atoms. The van der Waals surface area contributed by atoms with Crippen molar-refractivity contribution in [3.8, 4) is 0 Å². The molecule has 1 aromatic carbocycles. The molecule has 1 aromatic rings. The first kappa shape index (κ1) is 10.3. The summed E-state index contributed by atoms with van der Waals surface area (Å²) in [5.41, 5.74) is 3.11. The summed E-state index contributed by atoms with van der Waals surface area (Å²) >= 11 is 5.14. The number of hydrogen-bond donors (Lipinski definition) is 3. The van der Waals surface area contributed by atoms with Gasteiger partial charge >= 0.3 is 0 Å². The van der Waals surface area contributed by atoms with Crippen LogP contribution in [0.1, 0.15) is 0 Å². The van der Waals surface area contributed by atoms with Crippen LogP contribution in [0.3, 0.4) is 0 Å². The Morgan fingerprint density at radius 1 is 1.23 bits per heavy atom. The highest BCUT2D eigenvalue weighted by Gasteiger charge is 2.07. The molecule has 0 unspecified atom stereocenters. The van der Waals surface area contributed by atoms with Crippen LogP contribution in [-0.2, 0) is 10.1 Å². The van der Waals surface area contributed by atoms with Crippen LogP contribution in [0.4, 0.5) is 5.69 Å². The van der Waals surface area contributed by atoms with Crippen LogP contribution in [0.5, 0.6) is 0 Å². The summed E-state index contributed by atoms with van der Waals surface area (Å²) in [7, 11) is -4.12. The zero-order chi connectivity index (χ0) is 9.90. The molecular formula is C6H7ClN2O3S. The fourth-order valence-electron chi connectivity index (χ4n) is 0.765. The van der Waals surface area contributed by atoms with Gasteiger partial charge in [-0.25, -0.2) is 0 Å². The molecule has 0 fully saturated rings. The molecule has 0 amide bonds. The normalized spacial score (nSPS) is 11.2. The molecule has 0 aliphatic carbocycles. The predicted octanol–water partition coefficient (Wildman–Crippen LogP) is 1.00. The first-order valence-electron chi connectivity index (χ1n) is 3.23. The second-order valence-corrected chi connectivity index (χ2v) is 3.83. The topological polar surface area (TPSA) is 78.4 Å². The van der Waals surface area contributed by atoms with Crippen LogP contribution < -0.4 is 10.4 Å². The molecule has 0 spiro atoms. The Morgan fingerprint density at radius 3 is 2.15 bits per heavy atom. The second kappa shape index (κ2) is 3.93. The molecule has 0 atom stereocenters. The molecule has 0 radical (unpaired) electrons. The summed E-state index contributed by atoms with van der Waals surface area (Å²) in [5, 5.41) is 0. The summed E-state index contributed by atoms with van der Waals surface area (Å²) in [5.74, 6) is 0. The van der Waals surface area contributed by atoms with Gasteiger partial charge in [0.2, 0.25) is 0 Å². The van der Waals surface area contributed by atoms with Gasteiger partial charge in [0.15, 0.2) is 0 Å². The Bertz CT molecular complexity index is 375. The second-order valence-electron chi connectivity index (χ2n) is 2.22. The van der Waals surface area contributed by atoms with Crippen molar-refractivity contribution in [2.75, 3.05) is 5.43 Å². The lowest BCUT2D eigenvalue weighted by Crippen LogP contribution is -2.08. The molecule has 0 saturated carbocycles. The van der Waals surface area contributed by atoms with Crippen molar-refractivity contribution in [2.24, 2.45) is 0 Å². The Morgan fingerprint density at radius 2 is 1.77 bits per heavy atom. The van der Waals surface area contributed by atoms with Gasteiger partial charge in [-0.05, 0) is 36.0 Å². The van der Waals surface area contributed by atoms with Crippen molar-refractivity contribution in [1.29, 1.82) is 0 Å². The summed E-state index contributed by atoms with van der Waals surface area (Å²) in [6, 6.07) is 5.43. The van der Waals surface area contributed by atoms with Crippen molar-refractivity contribution in [3.05, 3.63) is 24.3 Å². The SMILES string of the molecule is O=S(=O)(O)c1ccc(NNCl)cc1. The third-order valence-electron chi connectivity index (χ3n) is 1.34. The maximum Gasteiger partial charge on any atom is 0.294 e. The van der Waals surface area contributed by atoms with E-state index < -0.39 is 10.1 Å². The maximum atomic E-state index is 10.6. The lowest BCUT2D eigenvalue weighted by Gasteiger charge is -2.02. The Balaban J connectivity index is 2.94. The van der Waals surface area contributed by atoms with Gasteiger partial charge in [0, 0.05) is 0 Å². The van der Waals surface area contributed by atoms with Crippen LogP contribution in [0.25, 0.3) is 0 Å². The van der Waals surface area contributed by atoms with Crippen molar-refractivity contribution in [1.82, 2.24) is 4.94 Å². The minimum Gasteiger partial charge on any atom is -0.308 e. The Kier molecular flexibility index (Phi) is 3.10. The van der Waals surface area contributed by atoms with Crippen molar-refractivity contribution in [3.63, 3.8) is 0 Å². The third kappa shape index (κ3) is 2.85. The third-order valence-corrected chi connectivity index (χ3v) is 2.31. The average molecular weight is 223 g/mol. The quantitative estimate of drug-likeness (QED) is 0.404. The van der Waals surface area contributed by atoms with E-state index in [4.69, 9.17) is 16.3 Å². The van der Waals surface area contributed by atoms with E-state index in [2.05, 4.69) is 10.4 Å². The molecule has 5 nitrogen and oxygen atoms in total. The Labute approximate surface area is 80.5 Å². The predicted molar refractivity (Wildman–Crippen MR) is 48.9 cm³/mol. The van der Waals surface area contributed by atoms with E-state index in [-0.39, 0.29) is 4.90 Å². The van der Waals surface area contributed by atoms with E-state index in [0.29, 0.717) is 5.69 Å². The zero-order valence-corrected chi connectivity index (χ0v) is 7.93. The van der Waals surface area contributed by atoms with Gasteiger partial charge in [0.1, 0.15) is 0 Å². The van der Waals surface area contributed by atoms with Crippen LogP contribution in [0.2, 0.25) is 0 Å². The fourth-order valence-corrected chi connectivity index (χ4v) is 1.35. The standard InChI is InChI=1S/C6H7ClN2O3S/c7-9-8-5-1-3-6(4-2-5)13(10,11)12/h1-4,8-9H,(H,10,11,12). The van der Waals surface area contributed by atoms with Crippen LogP contribution in [-0.4, -0.2) is 13.0 Å². The molecule has 0 aliphatic heterocycles. The van der Waals surface area contributed by atoms with E-state index in [0.717, 1.165) is 0 Å². The van der Waals surface area contributed by atoms with Crippen molar-refractivity contribution in [2.45, 2.75) is 4.90 Å². The fraction of sp³-hybridized carbons (Fsp3) is 0. The number of nitrogens with one attached hydrogen (secondary N) is 2. The number of hydrogen-bond acceptors (Lipinski definition) is 4. The van der Waals surface area contributed by atoms with E-state index in [1.54, 1.807) is 0 Å². The monoisotopic (exact) mass is 222 g/mol. The molecular weight excluding hydrogens is 216 g/mol. The van der Waals surface area contributed by atoms with Crippen molar-refractivity contribution < 1.29 is 13.0 Å². The lowest BCUT2D eigenvalue weighted by molar-refractivity contribution is 0.483. The van der Waals surface area contributed by atoms with Crippen LogP contribution in [0, 0.1) is 0 Å². The Hall–Kier alpha value is -0.820. The molecule has 0 bridgehead atoms. The highest BCUT2D eigenvalue weighted by atomic mass is 35.5. The van der Waals surface area contributed by atoms with E-state index >= 15 is 0 Å². The van der Waals surface area contributed by atoms with Gasteiger partial charge in [-0.15, -0.1) is 4.94 Å². The summed E-state index contributed by atoms with van der Waals surface area (Å²) < 4.78 is 29.8. The minimum atomic E-state index is -4.12. The van der Waals surface area contributed by atoms with Crippen molar-refractivity contribution >= 4 is 27.6 Å². The molecule has 0 aliphatic rings. The summed E-state index contributed by atoms with van der Waals surface area (Å²) in [6.45, 7) is 0. The van der Waals surface area contributed by atoms with Crippen LogP contribution >= 0.6 is 11.8 Å². The number of anilines is 1. The van der Waals surface area contributed by atoms with E-state index in [1.165, 1.54) is 24.3 Å². The van der Waals surface area contributed by atoms with Gasteiger partial charge in [0.05, 0.1) is 10.6 Å². The number of rotatable bonds is 3. The van der Waals surface area contributed by atoms with E-state index in [1.807, 2.05) is 0 Å². The molecule has 0 aromatic heterocycles. The van der Waals surface area contributed by atoms with Gasteiger partial charge < -0.3 is 5.43 Å². The largest absolute Gasteiger partial charge is 0.308 e. The minimum absolute atomic E-state index is 0.160. The number of hydrazine groups is 1. The number of benzene rings is 1. The molecule has 0 saturated heterocycles. The van der Waals surface area contributed by atoms with Gasteiger partial charge in [-0.1, -0.05) is 0 Å². The van der Waals surface area contributed by atoms with Gasteiger partial charge in [-0.3, -0.25) is 4.55 Å². The lowest BCUT2D eigenvalue weighted by atomic mass is 10.3.